The molecule has 6 heteroatoms. The van der Waals surface area contributed by atoms with Gasteiger partial charge in [0.2, 0.25) is 0 Å². The lowest BCUT2D eigenvalue weighted by Gasteiger charge is -2.34. The summed E-state index contributed by atoms with van der Waals surface area (Å²) in [6, 6.07) is 12.4. The van der Waals surface area contributed by atoms with Crippen LogP contribution in [0, 0.1) is 0 Å². The highest BCUT2D eigenvalue weighted by Gasteiger charge is 2.30. The molecule has 0 spiro atoms. The van der Waals surface area contributed by atoms with Gasteiger partial charge in [0.25, 0.3) is 0 Å². The molecular formula is C23H23BrClN3O. The minimum absolute atomic E-state index is 0.501. The van der Waals surface area contributed by atoms with Crippen LogP contribution in [0.5, 0.6) is 5.75 Å². The summed E-state index contributed by atoms with van der Waals surface area (Å²) in [5, 5.41) is 1.66. The molecule has 1 aliphatic carbocycles. The summed E-state index contributed by atoms with van der Waals surface area (Å²) < 4.78 is 6.48. The lowest BCUT2D eigenvalue weighted by molar-refractivity contribution is 0.397. The third-order valence-corrected chi connectivity index (χ3v) is 7.35. The summed E-state index contributed by atoms with van der Waals surface area (Å²) in [5.74, 6) is 3.95. The number of benzene rings is 2. The van der Waals surface area contributed by atoms with Crippen molar-refractivity contribution in [2.24, 2.45) is 0 Å². The molecule has 0 N–H and O–H groups in total. The predicted octanol–water partition coefficient (Wildman–Crippen LogP) is 6.32. The quantitative estimate of drug-likeness (QED) is 0.445. The molecule has 4 nitrogen and oxygen atoms in total. The number of aromatic nitrogens is 2. The lowest BCUT2D eigenvalue weighted by Crippen LogP contribution is -2.34. The maximum Gasteiger partial charge on any atom is 0.141 e. The number of piperidine rings is 1. The van der Waals surface area contributed by atoms with Crippen molar-refractivity contribution in [2.45, 2.75) is 37.5 Å². The van der Waals surface area contributed by atoms with Crippen LogP contribution in [-0.2, 0) is 0 Å². The highest BCUT2D eigenvalue weighted by molar-refractivity contribution is 9.10. The molecule has 29 heavy (non-hydrogen) atoms. The van der Waals surface area contributed by atoms with E-state index in [2.05, 4.69) is 39.0 Å². The number of hydrogen-bond acceptors (Lipinski definition) is 4. The molecule has 0 bridgehead atoms. The van der Waals surface area contributed by atoms with E-state index in [0.29, 0.717) is 16.9 Å². The SMILES string of the molecule is COc1ccccc1C1CCN(c2nc(C3CC3)nc3ccc(Br)c(Cl)c23)CC1. The number of fused-ring (bicyclic) bond motifs is 1. The molecule has 0 amide bonds. The smallest absolute Gasteiger partial charge is 0.141 e. The second kappa shape index (κ2) is 7.77. The van der Waals surface area contributed by atoms with Gasteiger partial charge in [-0.3, -0.25) is 0 Å². The van der Waals surface area contributed by atoms with Gasteiger partial charge in [0, 0.05) is 23.5 Å². The first-order valence-corrected chi connectivity index (χ1v) is 11.4. The van der Waals surface area contributed by atoms with Crippen LogP contribution in [0.1, 0.15) is 48.9 Å². The summed E-state index contributed by atoms with van der Waals surface area (Å²) in [6.45, 7) is 1.89. The van der Waals surface area contributed by atoms with Crippen LogP contribution >= 0.6 is 27.5 Å². The van der Waals surface area contributed by atoms with Crippen LogP contribution in [0.15, 0.2) is 40.9 Å². The van der Waals surface area contributed by atoms with Crippen molar-refractivity contribution >= 4 is 44.3 Å². The fourth-order valence-corrected chi connectivity index (χ4v) is 4.89. The normalized spacial score (nSPS) is 17.7. The molecule has 3 aromatic rings. The van der Waals surface area contributed by atoms with Gasteiger partial charge in [0.05, 0.1) is 23.0 Å². The number of rotatable bonds is 4. The molecule has 0 radical (unpaired) electrons. The van der Waals surface area contributed by atoms with Crippen LogP contribution in [-0.4, -0.2) is 30.2 Å². The molecule has 2 aliphatic rings. The van der Waals surface area contributed by atoms with Gasteiger partial charge in [-0.25, -0.2) is 9.97 Å². The van der Waals surface area contributed by atoms with Crippen LogP contribution < -0.4 is 9.64 Å². The zero-order valence-electron chi connectivity index (χ0n) is 16.4. The van der Waals surface area contributed by atoms with Crippen LogP contribution in [0.4, 0.5) is 5.82 Å². The first-order valence-electron chi connectivity index (χ1n) is 10.2. The minimum Gasteiger partial charge on any atom is -0.496 e. The molecule has 5 rings (SSSR count). The van der Waals surface area contributed by atoms with Crippen molar-refractivity contribution in [3.63, 3.8) is 0 Å². The third-order valence-electron chi connectivity index (χ3n) is 6.07. The Hall–Kier alpha value is -1.85. The topological polar surface area (TPSA) is 38.2 Å². The molecule has 1 aromatic heterocycles. The molecule has 2 heterocycles. The van der Waals surface area contributed by atoms with Crippen LogP contribution in [0.25, 0.3) is 10.9 Å². The van der Waals surface area contributed by atoms with E-state index >= 15 is 0 Å². The maximum absolute atomic E-state index is 6.69. The molecule has 2 fully saturated rings. The van der Waals surface area contributed by atoms with E-state index in [-0.39, 0.29) is 0 Å². The molecule has 1 aliphatic heterocycles. The summed E-state index contributed by atoms with van der Waals surface area (Å²) in [6.07, 6.45) is 4.50. The minimum atomic E-state index is 0.501. The number of methoxy groups -OCH3 is 1. The molecule has 1 saturated heterocycles. The first-order chi connectivity index (χ1) is 14.2. The molecule has 0 unspecified atom stereocenters. The van der Waals surface area contributed by atoms with Gasteiger partial charge < -0.3 is 9.64 Å². The van der Waals surface area contributed by atoms with Gasteiger partial charge >= 0.3 is 0 Å². The molecular weight excluding hydrogens is 450 g/mol. The summed E-state index contributed by atoms with van der Waals surface area (Å²) in [7, 11) is 1.75. The largest absolute Gasteiger partial charge is 0.496 e. The number of para-hydroxylation sites is 1. The van der Waals surface area contributed by atoms with Crippen molar-refractivity contribution in [2.75, 3.05) is 25.1 Å². The Morgan fingerprint density at radius 1 is 1.00 bits per heavy atom. The Kier molecular flexibility index (Phi) is 5.12. The van der Waals surface area contributed by atoms with Crippen molar-refractivity contribution in [3.8, 4) is 5.75 Å². The van der Waals surface area contributed by atoms with Crippen molar-refractivity contribution in [1.29, 1.82) is 0 Å². The molecule has 150 valence electrons. The van der Waals surface area contributed by atoms with E-state index in [0.717, 1.165) is 58.7 Å². The number of ether oxygens (including phenoxy) is 1. The van der Waals surface area contributed by atoms with E-state index in [1.807, 2.05) is 18.2 Å². The number of halogens is 2. The Bertz CT molecular complexity index is 1060. The Balaban J connectivity index is 1.48. The van der Waals surface area contributed by atoms with Crippen molar-refractivity contribution in [1.82, 2.24) is 9.97 Å². The van der Waals surface area contributed by atoms with Crippen LogP contribution in [0.2, 0.25) is 5.02 Å². The van der Waals surface area contributed by atoms with E-state index < -0.39 is 0 Å². The molecule has 2 aromatic carbocycles. The van der Waals surface area contributed by atoms with Gasteiger partial charge in [-0.1, -0.05) is 29.8 Å². The van der Waals surface area contributed by atoms with Crippen molar-refractivity contribution < 1.29 is 4.74 Å². The summed E-state index contributed by atoms with van der Waals surface area (Å²) in [4.78, 5) is 12.2. The van der Waals surface area contributed by atoms with E-state index in [9.17, 15) is 0 Å². The van der Waals surface area contributed by atoms with E-state index in [1.165, 1.54) is 18.4 Å². The van der Waals surface area contributed by atoms with Crippen molar-refractivity contribution in [3.05, 3.63) is 57.3 Å². The summed E-state index contributed by atoms with van der Waals surface area (Å²) in [5.41, 5.74) is 2.25. The van der Waals surface area contributed by atoms with Gasteiger partial charge in [-0.05, 0) is 71.3 Å². The molecule has 0 atom stereocenters. The first kappa shape index (κ1) is 19.1. The standard InChI is InChI=1S/C23H23BrClN3O/c1-29-19-5-3-2-4-16(19)14-10-12-28(13-11-14)23-20-18(9-8-17(24)21(20)25)26-22(27-23)15-6-7-15/h2-5,8-9,14-15H,6-7,10-13H2,1H3. The van der Waals surface area contributed by atoms with E-state index in [4.69, 9.17) is 26.3 Å². The van der Waals surface area contributed by atoms with Gasteiger partial charge in [0.1, 0.15) is 17.4 Å². The highest BCUT2D eigenvalue weighted by Crippen LogP contribution is 2.43. The van der Waals surface area contributed by atoms with Gasteiger partial charge in [-0.15, -0.1) is 0 Å². The van der Waals surface area contributed by atoms with Gasteiger partial charge in [-0.2, -0.15) is 0 Å². The van der Waals surface area contributed by atoms with E-state index in [1.54, 1.807) is 7.11 Å². The second-order valence-electron chi connectivity index (χ2n) is 7.94. The predicted molar refractivity (Wildman–Crippen MR) is 121 cm³/mol. The number of nitrogens with zero attached hydrogens (tertiary/aromatic N) is 3. The Morgan fingerprint density at radius 2 is 1.76 bits per heavy atom. The third kappa shape index (κ3) is 3.59. The maximum atomic E-state index is 6.69. The monoisotopic (exact) mass is 471 g/mol. The Morgan fingerprint density at radius 3 is 2.48 bits per heavy atom. The fourth-order valence-electron chi connectivity index (χ4n) is 4.32. The van der Waals surface area contributed by atoms with Crippen LogP contribution in [0.3, 0.4) is 0 Å². The summed E-state index contributed by atoms with van der Waals surface area (Å²) >= 11 is 10.3. The van der Waals surface area contributed by atoms with Gasteiger partial charge in [0.15, 0.2) is 0 Å². The number of anilines is 1. The second-order valence-corrected chi connectivity index (χ2v) is 9.17. The number of hydrogen-bond donors (Lipinski definition) is 0. The zero-order chi connectivity index (χ0) is 20.0. The average Bonchev–Trinajstić information content (AvgIpc) is 3.61. The fraction of sp³-hybridized carbons (Fsp3) is 0.391. The zero-order valence-corrected chi connectivity index (χ0v) is 18.7. The average molecular weight is 473 g/mol. The molecule has 1 saturated carbocycles. The highest BCUT2D eigenvalue weighted by atomic mass is 79.9. The lowest BCUT2D eigenvalue weighted by atomic mass is 9.88. The Labute approximate surface area is 184 Å².